The van der Waals surface area contributed by atoms with E-state index < -0.39 is 0 Å². The molecule has 0 aromatic carbocycles. The quantitative estimate of drug-likeness (QED) is 0.920. The van der Waals surface area contributed by atoms with Crippen LogP contribution >= 0.6 is 11.8 Å². The topological polar surface area (TPSA) is 45.2 Å². The normalized spacial score (nSPS) is 22.2. The maximum absolute atomic E-state index is 12.1. The highest BCUT2D eigenvalue weighted by Crippen LogP contribution is 2.32. The number of aromatic nitrogens is 1. The monoisotopic (exact) mass is 279 g/mol. The molecule has 1 N–H and O–H groups in total. The van der Waals surface area contributed by atoms with Gasteiger partial charge < -0.3 is 4.90 Å². The van der Waals surface area contributed by atoms with E-state index in [2.05, 4.69) is 17.2 Å². The van der Waals surface area contributed by atoms with Crippen molar-refractivity contribution in [3.05, 3.63) is 24.4 Å². The van der Waals surface area contributed by atoms with Gasteiger partial charge in [0.25, 0.3) is 0 Å². The van der Waals surface area contributed by atoms with Crippen molar-refractivity contribution in [2.24, 2.45) is 0 Å². The van der Waals surface area contributed by atoms with E-state index in [1.165, 1.54) is 6.42 Å². The lowest BCUT2D eigenvalue weighted by Gasteiger charge is -2.24. The Balaban J connectivity index is 1.86. The molecule has 4 nitrogen and oxygen atoms in total. The van der Waals surface area contributed by atoms with Crippen molar-refractivity contribution >= 4 is 23.6 Å². The van der Waals surface area contributed by atoms with Crippen LogP contribution in [0.4, 0.5) is 10.6 Å². The number of hydrogen-bond acceptors (Lipinski definition) is 3. The van der Waals surface area contributed by atoms with E-state index >= 15 is 0 Å². The standard InChI is InChI=1S/C14H21N3OS/c1-3-19-12-8-7-11(10-12)17(2)14(18)16-13-6-4-5-9-15-13/h4-6,9,11-12H,3,7-8,10H2,1-2H3,(H,15,16,18)/t11-,12+/m0/s1. The number of pyridine rings is 1. The molecule has 0 spiro atoms. The molecule has 104 valence electrons. The molecule has 1 fully saturated rings. The Morgan fingerprint density at radius 3 is 3.05 bits per heavy atom. The van der Waals surface area contributed by atoms with E-state index in [1.807, 2.05) is 35.8 Å². The van der Waals surface area contributed by atoms with E-state index in [0.29, 0.717) is 17.1 Å². The first-order chi connectivity index (χ1) is 9.20. The molecule has 0 aliphatic heterocycles. The van der Waals surface area contributed by atoms with Gasteiger partial charge in [-0.2, -0.15) is 11.8 Å². The maximum atomic E-state index is 12.1. The summed E-state index contributed by atoms with van der Waals surface area (Å²) in [5.41, 5.74) is 0. The number of anilines is 1. The molecule has 0 radical (unpaired) electrons. The largest absolute Gasteiger partial charge is 0.325 e. The minimum absolute atomic E-state index is 0.0640. The van der Waals surface area contributed by atoms with Crippen LogP contribution in [0, 0.1) is 0 Å². The third-order valence-electron chi connectivity index (χ3n) is 3.53. The number of carbonyl (C=O) groups is 1. The fraction of sp³-hybridized carbons (Fsp3) is 0.571. The molecule has 0 bridgehead atoms. The van der Waals surface area contributed by atoms with Crippen LogP contribution in [-0.2, 0) is 0 Å². The summed E-state index contributed by atoms with van der Waals surface area (Å²) in [4.78, 5) is 18.1. The van der Waals surface area contributed by atoms with Crippen LogP contribution in [0.25, 0.3) is 0 Å². The SMILES string of the molecule is CCS[C@@H]1CC[C@H](N(C)C(=O)Nc2ccccn2)C1. The van der Waals surface area contributed by atoms with Gasteiger partial charge in [0.2, 0.25) is 0 Å². The van der Waals surface area contributed by atoms with Crippen molar-refractivity contribution in [3.8, 4) is 0 Å². The summed E-state index contributed by atoms with van der Waals surface area (Å²) in [6.07, 6.45) is 5.10. The van der Waals surface area contributed by atoms with Gasteiger partial charge in [0, 0.05) is 24.5 Å². The van der Waals surface area contributed by atoms with Crippen LogP contribution in [0.3, 0.4) is 0 Å². The van der Waals surface area contributed by atoms with E-state index in [0.717, 1.165) is 18.6 Å². The third-order valence-corrected chi connectivity index (χ3v) is 4.76. The van der Waals surface area contributed by atoms with Crippen LogP contribution in [0.1, 0.15) is 26.2 Å². The van der Waals surface area contributed by atoms with Gasteiger partial charge in [0.15, 0.2) is 0 Å². The molecule has 1 heterocycles. The molecule has 1 aromatic heterocycles. The van der Waals surface area contributed by atoms with Crippen LogP contribution in [0.15, 0.2) is 24.4 Å². The average molecular weight is 279 g/mol. The van der Waals surface area contributed by atoms with Crippen LogP contribution < -0.4 is 5.32 Å². The first-order valence-corrected chi connectivity index (χ1v) is 7.82. The summed E-state index contributed by atoms with van der Waals surface area (Å²) < 4.78 is 0. The van der Waals surface area contributed by atoms with Gasteiger partial charge in [-0.25, -0.2) is 9.78 Å². The molecule has 2 amide bonds. The number of rotatable bonds is 4. The van der Waals surface area contributed by atoms with E-state index in [1.54, 1.807) is 12.3 Å². The van der Waals surface area contributed by atoms with Crippen LogP contribution in [0.2, 0.25) is 0 Å². The number of urea groups is 1. The molecule has 1 aliphatic carbocycles. The number of nitrogens with zero attached hydrogens (tertiary/aromatic N) is 2. The molecular weight excluding hydrogens is 258 g/mol. The van der Waals surface area contributed by atoms with Gasteiger partial charge in [-0.1, -0.05) is 13.0 Å². The molecule has 2 rings (SSSR count). The summed E-state index contributed by atoms with van der Waals surface area (Å²) in [6, 6.07) is 5.80. The minimum atomic E-state index is -0.0640. The van der Waals surface area contributed by atoms with Crippen LogP contribution in [-0.4, -0.2) is 40.0 Å². The van der Waals surface area contributed by atoms with Gasteiger partial charge in [0.1, 0.15) is 5.82 Å². The predicted molar refractivity (Wildman–Crippen MR) is 80.6 cm³/mol. The van der Waals surface area contributed by atoms with Crippen molar-refractivity contribution in [3.63, 3.8) is 0 Å². The summed E-state index contributed by atoms with van der Waals surface area (Å²) in [7, 11) is 1.88. The Hall–Kier alpha value is -1.23. The molecule has 1 saturated carbocycles. The highest BCUT2D eigenvalue weighted by atomic mass is 32.2. The van der Waals surface area contributed by atoms with Crippen molar-refractivity contribution in [2.75, 3.05) is 18.1 Å². The summed E-state index contributed by atoms with van der Waals surface area (Å²) >= 11 is 2.01. The Kier molecular flexibility index (Phi) is 5.07. The summed E-state index contributed by atoms with van der Waals surface area (Å²) in [5, 5.41) is 3.54. The highest BCUT2D eigenvalue weighted by Gasteiger charge is 2.29. The second-order valence-corrected chi connectivity index (χ2v) is 6.38. The van der Waals surface area contributed by atoms with E-state index in [-0.39, 0.29) is 6.03 Å². The molecule has 19 heavy (non-hydrogen) atoms. The van der Waals surface area contributed by atoms with Gasteiger partial charge in [-0.15, -0.1) is 0 Å². The fourth-order valence-corrected chi connectivity index (χ4v) is 3.59. The molecule has 1 aliphatic rings. The van der Waals surface area contributed by atoms with Gasteiger partial charge in [0.05, 0.1) is 0 Å². The number of hydrogen-bond donors (Lipinski definition) is 1. The Labute approximate surface area is 119 Å². The van der Waals surface area contributed by atoms with Crippen LogP contribution in [0.5, 0.6) is 0 Å². The lowest BCUT2D eigenvalue weighted by atomic mass is 10.2. The highest BCUT2D eigenvalue weighted by molar-refractivity contribution is 7.99. The second kappa shape index (κ2) is 6.80. The van der Waals surface area contributed by atoms with Gasteiger partial charge in [-0.05, 0) is 37.1 Å². The first kappa shape index (κ1) is 14.2. The van der Waals surface area contributed by atoms with E-state index in [4.69, 9.17) is 0 Å². The third kappa shape index (κ3) is 3.86. The molecule has 5 heteroatoms. The lowest BCUT2D eigenvalue weighted by Crippen LogP contribution is -2.38. The smallest absolute Gasteiger partial charge is 0.322 e. The maximum Gasteiger partial charge on any atom is 0.322 e. The number of carbonyl (C=O) groups excluding carboxylic acids is 1. The van der Waals surface area contributed by atoms with Crippen molar-refractivity contribution in [1.82, 2.24) is 9.88 Å². The summed E-state index contributed by atoms with van der Waals surface area (Å²) in [6.45, 7) is 2.19. The Bertz CT molecular complexity index is 412. The lowest BCUT2D eigenvalue weighted by molar-refractivity contribution is 0.205. The number of amides is 2. The van der Waals surface area contributed by atoms with Crippen molar-refractivity contribution in [1.29, 1.82) is 0 Å². The molecule has 2 atom stereocenters. The van der Waals surface area contributed by atoms with E-state index in [9.17, 15) is 4.79 Å². The second-order valence-electron chi connectivity index (χ2n) is 4.80. The fourth-order valence-electron chi connectivity index (χ4n) is 2.46. The number of nitrogens with one attached hydrogen (secondary N) is 1. The predicted octanol–water partition coefficient (Wildman–Crippen LogP) is 3.22. The van der Waals surface area contributed by atoms with Gasteiger partial charge >= 0.3 is 6.03 Å². The Morgan fingerprint density at radius 1 is 1.53 bits per heavy atom. The molecule has 0 unspecified atom stereocenters. The summed E-state index contributed by atoms with van der Waals surface area (Å²) in [5.74, 6) is 1.76. The number of thioether (sulfide) groups is 1. The van der Waals surface area contributed by atoms with Crippen molar-refractivity contribution < 1.29 is 4.79 Å². The first-order valence-electron chi connectivity index (χ1n) is 6.77. The zero-order valence-electron chi connectivity index (χ0n) is 11.5. The molecule has 1 aromatic rings. The zero-order valence-corrected chi connectivity index (χ0v) is 12.3. The molecule has 0 saturated heterocycles. The Morgan fingerprint density at radius 2 is 2.37 bits per heavy atom. The van der Waals surface area contributed by atoms with Gasteiger partial charge in [-0.3, -0.25) is 5.32 Å². The average Bonchev–Trinajstić information content (AvgIpc) is 2.88. The van der Waals surface area contributed by atoms with Crippen molar-refractivity contribution in [2.45, 2.75) is 37.5 Å². The molecular formula is C14H21N3OS. The minimum Gasteiger partial charge on any atom is -0.325 e. The zero-order chi connectivity index (χ0) is 13.7.